The Kier molecular flexibility index (Phi) is 3.49. The average Bonchev–Trinajstić information content (AvgIpc) is 2.47. The molecule has 1 N–H and O–H groups in total. The van der Waals surface area contributed by atoms with Gasteiger partial charge in [0.15, 0.2) is 0 Å². The van der Waals surface area contributed by atoms with Crippen molar-refractivity contribution in [3.8, 4) is 0 Å². The highest BCUT2D eigenvalue weighted by Gasteiger charge is 2.19. The molecule has 0 aliphatic carbocycles. The molecular formula is C8H16N2O2. The Hall–Kier alpha value is -0.610. The molecule has 4 nitrogen and oxygen atoms in total. The molecule has 0 spiro atoms. The van der Waals surface area contributed by atoms with Crippen LogP contribution < -0.4 is 5.32 Å². The van der Waals surface area contributed by atoms with Crippen LogP contribution in [0, 0.1) is 0 Å². The highest BCUT2D eigenvalue weighted by Crippen LogP contribution is 2.05. The van der Waals surface area contributed by atoms with Crippen LogP contribution >= 0.6 is 0 Å². The first-order chi connectivity index (χ1) is 5.72. The van der Waals surface area contributed by atoms with Crippen LogP contribution in [0.5, 0.6) is 0 Å². The third-order valence-electron chi connectivity index (χ3n) is 2.15. The Bertz CT molecular complexity index is 161. The van der Waals surface area contributed by atoms with Crippen LogP contribution in [0.3, 0.4) is 0 Å². The fraction of sp³-hybridized carbons (Fsp3) is 0.875. The number of methoxy groups -OCH3 is 1. The Balaban J connectivity index is 2.11. The molecule has 1 aliphatic rings. The predicted octanol–water partition coefficient (Wildman–Crippen LogP) is -0.547. The number of carbonyl (C=O) groups excluding carboxylic acids is 1. The van der Waals surface area contributed by atoms with E-state index in [1.54, 1.807) is 0 Å². The van der Waals surface area contributed by atoms with Gasteiger partial charge in [0.1, 0.15) is 0 Å². The molecule has 0 bridgehead atoms. The van der Waals surface area contributed by atoms with E-state index in [0.717, 1.165) is 19.5 Å². The van der Waals surface area contributed by atoms with Gasteiger partial charge in [-0.15, -0.1) is 0 Å². The summed E-state index contributed by atoms with van der Waals surface area (Å²) in [5.41, 5.74) is 0. The molecule has 0 aromatic rings. The van der Waals surface area contributed by atoms with Crippen LogP contribution in [-0.4, -0.2) is 50.7 Å². The molecule has 1 saturated heterocycles. The quantitative estimate of drug-likeness (QED) is 0.580. The Morgan fingerprint density at radius 1 is 1.75 bits per heavy atom. The molecule has 0 aromatic heterocycles. The van der Waals surface area contributed by atoms with E-state index in [1.165, 1.54) is 7.11 Å². The van der Waals surface area contributed by atoms with E-state index in [0.29, 0.717) is 12.6 Å². The van der Waals surface area contributed by atoms with Gasteiger partial charge >= 0.3 is 5.97 Å². The molecule has 70 valence electrons. The van der Waals surface area contributed by atoms with Gasteiger partial charge in [0.2, 0.25) is 0 Å². The van der Waals surface area contributed by atoms with Crippen LogP contribution in [-0.2, 0) is 9.53 Å². The largest absolute Gasteiger partial charge is 0.468 e. The molecule has 1 rings (SSSR count). The lowest BCUT2D eigenvalue weighted by Crippen LogP contribution is -2.35. The zero-order valence-electron chi connectivity index (χ0n) is 7.67. The van der Waals surface area contributed by atoms with E-state index in [9.17, 15) is 4.79 Å². The van der Waals surface area contributed by atoms with Gasteiger partial charge in [0.25, 0.3) is 0 Å². The average molecular weight is 172 g/mol. The molecule has 0 radical (unpaired) electrons. The van der Waals surface area contributed by atoms with Gasteiger partial charge in [-0.05, 0) is 20.0 Å². The Morgan fingerprint density at radius 3 is 3.00 bits per heavy atom. The summed E-state index contributed by atoms with van der Waals surface area (Å²) in [6.07, 6.45) is 1.12. The highest BCUT2D eigenvalue weighted by molar-refractivity contribution is 5.71. The second kappa shape index (κ2) is 4.42. The van der Waals surface area contributed by atoms with Crippen LogP contribution in [0.4, 0.5) is 0 Å². The summed E-state index contributed by atoms with van der Waals surface area (Å²) in [7, 11) is 3.49. The molecule has 1 fully saturated rings. The first kappa shape index (κ1) is 9.48. The van der Waals surface area contributed by atoms with Gasteiger partial charge in [-0.25, -0.2) is 0 Å². The SMILES string of the molecule is COC(=O)CN[C@@H]1CCN(C)C1. The number of esters is 1. The first-order valence-electron chi connectivity index (χ1n) is 4.21. The Labute approximate surface area is 72.9 Å². The summed E-state index contributed by atoms with van der Waals surface area (Å²) in [5, 5.41) is 3.15. The summed E-state index contributed by atoms with van der Waals surface area (Å²) >= 11 is 0. The lowest BCUT2D eigenvalue weighted by Gasteiger charge is -2.11. The standard InChI is InChI=1S/C8H16N2O2/c1-10-4-3-7(6-10)9-5-8(11)12-2/h7,9H,3-6H2,1-2H3/t7-/m1/s1. The smallest absolute Gasteiger partial charge is 0.319 e. The van der Waals surface area contributed by atoms with Gasteiger partial charge in [-0.2, -0.15) is 0 Å². The fourth-order valence-corrected chi connectivity index (χ4v) is 1.40. The second-order valence-electron chi connectivity index (χ2n) is 3.20. The summed E-state index contributed by atoms with van der Waals surface area (Å²) < 4.78 is 4.52. The predicted molar refractivity (Wildman–Crippen MR) is 45.9 cm³/mol. The van der Waals surface area contributed by atoms with Crippen molar-refractivity contribution in [1.82, 2.24) is 10.2 Å². The van der Waals surface area contributed by atoms with E-state index in [-0.39, 0.29) is 5.97 Å². The van der Waals surface area contributed by atoms with Gasteiger partial charge < -0.3 is 15.0 Å². The van der Waals surface area contributed by atoms with Gasteiger partial charge in [-0.3, -0.25) is 4.79 Å². The third kappa shape index (κ3) is 2.79. The van der Waals surface area contributed by atoms with E-state index < -0.39 is 0 Å². The molecule has 1 atom stereocenters. The van der Waals surface area contributed by atoms with Crippen molar-refractivity contribution in [2.45, 2.75) is 12.5 Å². The van der Waals surface area contributed by atoms with E-state index >= 15 is 0 Å². The van der Waals surface area contributed by atoms with E-state index in [2.05, 4.69) is 22.0 Å². The van der Waals surface area contributed by atoms with Crippen molar-refractivity contribution >= 4 is 5.97 Å². The zero-order valence-corrected chi connectivity index (χ0v) is 7.67. The molecule has 12 heavy (non-hydrogen) atoms. The lowest BCUT2D eigenvalue weighted by molar-refractivity contribution is -0.139. The van der Waals surface area contributed by atoms with Crippen molar-refractivity contribution in [1.29, 1.82) is 0 Å². The minimum Gasteiger partial charge on any atom is -0.468 e. The van der Waals surface area contributed by atoms with Gasteiger partial charge in [0.05, 0.1) is 13.7 Å². The number of carbonyl (C=O) groups is 1. The maximum Gasteiger partial charge on any atom is 0.319 e. The fourth-order valence-electron chi connectivity index (χ4n) is 1.40. The minimum atomic E-state index is -0.190. The van der Waals surface area contributed by atoms with Crippen LogP contribution in [0.1, 0.15) is 6.42 Å². The topological polar surface area (TPSA) is 41.6 Å². The van der Waals surface area contributed by atoms with Crippen molar-refractivity contribution in [2.75, 3.05) is 33.8 Å². The third-order valence-corrected chi connectivity index (χ3v) is 2.15. The summed E-state index contributed by atoms with van der Waals surface area (Å²) in [4.78, 5) is 13.0. The number of rotatable bonds is 3. The molecule has 0 aromatic carbocycles. The number of hydrogen-bond donors (Lipinski definition) is 1. The molecule has 0 saturated carbocycles. The van der Waals surface area contributed by atoms with Crippen LogP contribution in [0.25, 0.3) is 0 Å². The van der Waals surface area contributed by atoms with Gasteiger partial charge in [0, 0.05) is 12.6 Å². The van der Waals surface area contributed by atoms with Crippen molar-refractivity contribution in [3.63, 3.8) is 0 Å². The number of hydrogen-bond acceptors (Lipinski definition) is 4. The summed E-state index contributed by atoms with van der Waals surface area (Å²) in [5.74, 6) is -0.190. The first-order valence-corrected chi connectivity index (χ1v) is 4.21. The number of nitrogens with zero attached hydrogens (tertiary/aromatic N) is 1. The van der Waals surface area contributed by atoms with E-state index in [4.69, 9.17) is 0 Å². The normalized spacial score (nSPS) is 24.3. The molecule has 1 aliphatic heterocycles. The number of likely N-dealkylation sites (N-methyl/N-ethyl adjacent to an activating group) is 1. The minimum absolute atomic E-state index is 0.190. The van der Waals surface area contributed by atoms with Crippen LogP contribution in [0.2, 0.25) is 0 Å². The monoisotopic (exact) mass is 172 g/mol. The number of nitrogens with one attached hydrogen (secondary N) is 1. The summed E-state index contributed by atoms with van der Waals surface area (Å²) in [6.45, 7) is 2.46. The second-order valence-corrected chi connectivity index (χ2v) is 3.20. The number of ether oxygens (including phenoxy) is 1. The lowest BCUT2D eigenvalue weighted by atomic mass is 10.2. The number of likely N-dealkylation sites (tertiary alicyclic amines) is 1. The molecule has 0 unspecified atom stereocenters. The summed E-state index contributed by atoms with van der Waals surface area (Å²) in [6, 6.07) is 0.453. The van der Waals surface area contributed by atoms with Crippen LogP contribution in [0.15, 0.2) is 0 Å². The molecule has 1 heterocycles. The zero-order chi connectivity index (χ0) is 8.97. The van der Waals surface area contributed by atoms with Crippen molar-refractivity contribution in [3.05, 3.63) is 0 Å². The highest BCUT2D eigenvalue weighted by atomic mass is 16.5. The van der Waals surface area contributed by atoms with Crippen molar-refractivity contribution < 1.29 is 9.53 Å². The molecular weight excluding hydrogens is 156 g/mol. The van der Waals surface area contributed by atoms with Gasteiger partial charge in [-0.1, -0.05) is 0 Å². The maximum atomic E-state index is 10.8. The molecule has 4 heteroatoms. The van der Waals surface area contributed by atoms with E-state index in [1.807, 2.05) is 0 Å². The molecule has 0 amide bonds. The van der Waals surface area contributed by atoms with Crippen molar-refractivity contribution in [2.24, 2.45) is 0 Å². The maximum absolute atomic E-state index is 10.8. The Morgan fingerprint density at radius 2 is 2.50 bits per heavy atom.